The zero-order chi connectivity index (χ0) is 17.0. The molecule has 3 aromatic rings. The van der Waals surface area contributed by atoms with Crippen molar-refractivity contribution in [3.8, 4) is 0 Å². The summed E-state index contributed by atoms with van der Waals surface area (Å²) in [5, 5.41) is 32.3. The average molecular weight is 332 g/mol. The van der Waals surface area contributed by atoms with Gasteiger partial charge in [0.2, 0.25) is 5.82 Å². The Morgan fingerprint density at radius 1 is 1.17 bits per heavy atom. The molecule has 1 aliphatic heterocycles. The molecule has 0 radical (unpaired) electrons. The third-order valence-corrected chi connectivity index (χ3v) is 4.00. The highest BCUT2D eigenvalue weighted by molar-refractivity contribution is 5.73. The maximum absolute atomic E-state index is 10.4. The van der Waals surface area contributed by atoms with Crippen LogP contribution in [-0.2, 0) is 11.8 Å². The summed E-state index contributed by atoms with van der Waals surface area (Å²) in [6.07, 6.45) is -2.63. The molecule has 0 spiro atoms. The lowest BCUT2D eigenvalue weighted by atomic mass is 10.1. The van der Waals surface area contributed by atoms with Gasteiger partial charge in [0.25, 0.3) is 0 Å². The van der Waals surface area contributed by atoms with Crippen LogP contribution in [0.3, 0.4) is 0 Å². The van der Waals surface area contributed by atoms with Crippen molar-refractivity contribution >= 4 is 11.2 Å². The number of rotatable bonds is 2. The van der Waals surface area contributed by atoms with Gasteiger partial charge in [-0.2, -0.15) is 4.80 Å². The molecule has 1 saturated heterocycles. The number of ether oxygens (including phenoxy) is 1. The molecule has 4 unspecified atom stereocenters. The molecular weight excluding hydrogens is 316 g/mol. The molecule has 0 amide bonds. The molecule has 3 aromatic heterocycles. The summed E-state index contributed by atoms with van der Waals surface area (Å²) in [6, 6.07) is 0. The normalized spacial score (nSPS) is 27.2. The second-order valence-electron chi connectivity index (χ2n) is 5.75. The number of aliphatic hydroxyl groups excluding tert-OH is 2. The maximum Gasteiger partial charge on any atom is 0.206 e. The van der Waals surface area contributed by atoms with Gasteiger partial charge in [0.15, 0.2) is 18.0 Å². The van der Waals surface area contributed by atoms with Crippen molar-refractivity contribution in [2.75, 3.05) is 0 Å². The van der Waals surface area contributed by atoms with Crippen molar-refractivity contribution in [1.82, 2.24) is 39.7 Å². The van der Waals surface area contributed by atoms with E-state index >= 15 is 0 Å². The predicted octanol–water partition coefficient (Wildman–Crippen LogP) is -1.04. The zero-order valence-electron chi connectivity index (χ0n) is 13.3. The lowest BCUT2D eigenvalue weighted by molar-refractivity contribution is -0.0384. The molecule has 11 heteroatoms. The fourth-order valence-corrected chi connectivity index (χ4v) is 2.90. The summed E-state index contributed by atoms with van der Waals surface area (Å²) in [7, 11) is 1.61. The van der Waals surface area contributed by atoms with Crippen LogP contribution in [0, 0.1) is 13.8 Å². The van der Waals surface area contributed by atoms with Crippen LogP contribution < -0.4 is 0 Å². The van der Waals surface area contributed by atoms with Crippen molar-refractivity contribution in [1.29, 1.82) is 0 Å². The second kappa shape index (κ2) is 5.26. The monoisotopic (exact) mass is 332 g/mol. The van der Waals surface area contributed by atoms with Crippen LogP contribution in [0.2, 0.25) is 0 Å². The van der Waals surface area contributed by atoms with Gasteiger partial charge in [0.05, 0.1) is 19.1 Å². The number of aromatic nitrogens is 8. The first-order valence-corrected chi connectivity index (χ1v) is 7.39. The van der Waals surface area contributed by atoms with Crippen LogP contribution in [0.4, 0.5) is 0 Å². The van der Waals surface area contributed by atoms with Gasteiger partial charge in [0, 0.05) is 0 Å². The van der Waals surface area contributed by atoms with Crippen LogP contribution in [0.15, 0.2) is 6.33 Å². The number of imidazole rings is 1. The molecule has 24 heavy (non-hydrogen) atoms. The minimum atomic E-state index is -1.19. The Morgan fingerprint density at radius 2 is 1.96 bits per heavy atom. The van der Waals surface area contributed by atoms with E-state index in [-0.39, 0.29) is 5.82 Å². The van der Waals surface area contributed by atoms with Crippen LogP contribution >= 0.6 is 0 Å². The standard InChI is InChI=1S/C13H16N8O3/c1-5-7-12(16-6(2)15-5)21(4-14-7)13-9(23)8(22)10(24-13)11-17-19-20(3)18-11/h4,8-10,13,22-23H,1-3H3. The predicted molar refractivity (Wildman–Crippen MR) is 78.5 cm³/mol. The molecule has 4 rings (SSSR count). The van der Waals surface area contributed by atoms with Crippen molar-refractivity contribution < 1.29 is 14.9 Å². The fraction of sp³-hybridized carbons (Fsp3) is 0.538. The molecule has 1 fully saturated rings. The SMILES string of the molecule is Cc1nc(C)c2ncn(C3OC(c4nnn(C)n4)C(O)C3O)c2n1. The number of tetrazole rings is 1. The van der Waals surface area contributed by atoms with E-state index in [2.05, 4.69) is 30.4 Å². The van der Waals surface area contributed by atoms with Crippen molar-refractivity contribution in [3.63, 3.8) is 0 Å². The minimum absolute atomic E-state index is 0.206. The van der Waals surface area contributed by atoms with Gasteiger partial charge >= 0.3 is 0 Å². The van der Waals surface area contributed by atoms with Gasteiger partial charge in [-0.15, -0.1) is 10.2 Å². The van der Waals surface area contributed by atoms with E-state index in [1.165, 1.54) is 11.1 Å². The lowest BCUT2D eigenvalue weighted by Crippen LogP contribution is -2.29. The molecule has 11 nitrogen and oxygen atoms in total. The van der Waals surface area contributed by atoms with Crippen molar-refractivity contribution in [2.45, 2.75) is 38.4 Å². The quantitative estimate of drug-likeness (QED) is 0.602. The minimum Gasteiger partial charge on any atom is -0.387 e. The third kappa shape index (κ3) is 2.17. The molecule has 2 N–H and O–H groups in total. The van der Waals surface area contributed by atoms with E-state index in [0.717, 1.165) is 5.69 Å². The highest BCUT2D eigenvalue weighted by Crippen LogP contribution is 2.38. The molecule has 1 aliphatic rings. The molecular formula is C13H16N8O3. The van der Waals surface area contributed by atoms with Crippen molar-refractivity contribution in [2.24, 2.45) is 7.05 Å². The lowest BCUT2D eigenvalue weighted by Gasteiger charge is -2.16. The Labute approximate surface area is 135 Å². The molecule has 0 saturated carbocycles. The first-order chi connectivity index (χ1) is 11.5. The smallest absolute Gasteiger partial charge is 0.206 e. The van der Waals surface area contributed by atoms with Gasteiger partial charge in [0.1, 0.15) is 23.5 Å². The van der Waals surface area contributed by atoms with Crippen LogP contribution in [0.5, 0.6) is 0 Å². The number of aliphatic hydroxyl groups is 2. The van der Waals surface area contributed by atoms with Gasteiger partial charge in [-0.05, 0) is 19.1 Å². The Balaban J connectivity index is 1.75. The van der Waals surface area contributed by atoms with E-state index in [4.69, 9.17) is 4.74 Å². The topological polar surface area (TPSA) is 137 Å². The third-order valence-electron chi connectivity index (χ3n) is 4.00. The van der Waals surface area contributed by atoms with Gasteiger partial charge in [-0.25, -0.2) is 15.0 Å². The van der Waals surface area contributed by atoms with Gasteiger partial charge < -0.3 is 14.9 Å². The molecule has 0 aliphatic carbocycles. The van der Waals surface area contributed by atoms with Crippen LogP contribution in [-0.4, -0.2) is 62.1 Å². The number of hydrogen-bond donors (Lipinski definition) is 2. The van der Waals surface area contributed by atoms with Crippen LogP contribution in [0.25, 0.3) is 11.2 Å². The summed E-state index contributed by atoms with van der Waals surface area (Å²) in [6.45, 7) is 3.61. The van der Waals surface area contributed by atoms with E-state index < -0.39 is 24.5 Å². The number of hydrogen-bond acceptors (Lipinski definition) is 9. The van der Waals surface area contributed by atoms with Gasteiger partial charge in [-0.3, -0.25) is 4.57 Å². The Kier molecular flexibility index (Phi) is 3.30. The Hall–Kier alpha value is -2.50. The maximum atomic E-state index is 10.4. The fourth-order valence-electron chi connectivity index (χ4n) is 2.90. The Morgan fingerprint density at radius 3 is 2.67 bits per heavy atom. The van der Waals surface area contributed by atoms with Gasteiger partial charge in [-0.1, -0.05) is 0 Å². The largest absolute Gasteiger partial charge is 0.387 e. The zero-order valence-corrected chi connectivity index (χ0v) is 13.3. The van der Waals surface area contributed by atoms with E-state index in [9.17, 15) is 10.2 Å². The summed E-state index contributed by atoms with van der Waals surface area (Å²) in [4.78, 5) is 14.2. The highest BCUT2D eigenvalue weighted by atomic mass is 16.6. The van der Waals surface area contributed by atoms with Crippen molar-refractivity contribution in [3.05, 3.63) is 23.7 Å². The highest BCUT2D eigenvalue weighted by Gasteiger charge is 2.47. The average Bonchev–Trinajstić information content (AvgIpc) is 3.20. The molecule has 0 aromatic carbocycles. The van der Waals surface area contributed by atoms with Crippen LogP contribution in [0.1, 0.15) is 29.7 Å². The molecule has 4 atom stereocenters. The Bertz CT molecular complexity index is 906. The first kappa shape index (κ1) is 15.1. The number of nitrogens with zero attached hydrogens (tertiary/aromatic N) is 8. The summed E-state index contributed by atoms with van der Waals surface area (Å²) >= 11 is 0. The summed E-state index contributed by atoms with van der Waals surface area (Å²) in [5.74, 6) is 0.792. The number of aryl methyl sites for hydroxylation is 3. The van der Waals surface area contributed by atoms with E-state index in [1.807, 2.05) is 6.92 Å². The van der Waals surface area contributed by atoms with E-state index in [0.29, 0.717) is 17.0 Å². The first-order valence-electron chi connectivity index (χ1n) is 7.39. The van der Waals surface area contributed by atoms with E-state index in [1.54, 1.807) is 18.5 Å². The molecule has 126 valence electrons. The summed E-state index contributed by atoms with van der Waals surface area (Å²) < 4.78 is 7.39. The molecule has 0 bridgehead atoms. The summed E-state index contributed by atoms with van der Waals surface area (Å²) in [5.41, 5.74) is 1.88. The second-order valence-corrected chi connectivity index (χ2v) is 5.75. The number of fused-ring (bicyclic) bond motifs is 1. The molecule has 4 heterocycles.